The Hall–Kier alpha value is -2.38. The zero-order valence-corrected chi connectivity index (χ0v) is 18.5. The van der Waals surface area contributed by atoms with E-state index in [0.29, 0.717) is 18.7 Å². The Morgan fingerprint density at radius 2 is 1.77 bits per heavy atom. The molecule has 1 N–H and O–H groups in total. The monoisotopic (exact) mass is 425 g/mol. The molecule has 31 heavy (non-hydrogen) atoms. The first-order valence-corrected chi connectivity index (χ1v) is 11.6. The minimum Gasteiger partial charge on any atom is -0.369 e. The molecule has 7 nitrogen and oxygen atoms in total. The van der Waals surface area contributed by atoms with Crippen LogP contribution in [0.15, 0.2) is 36.9 Å². The Morgan fingerprint density at radius 3 is 2.42 bits per heavy atom. The van der Waals surface area contributed by atoms with Gasteiger partial charge in [-0.15, -0.1) is 6.58 Å². The molecule has 3 fully saturated rings. The van der Waals surface area contributed by atoms with Crippen LogP contribution in [-0.4, -0.2) is 98.0 Å². The number of hydrogen-bond acceptors (Lipinski definition) is 5. The van der Waals surface area contributed by atoms with Gasteiger partial charge in [0.15, 0.2) is 0 Å². The van der Waals surface area contributed by atoms with Crippen LogP contribution in [0.3, 0.4) is 0 Å². The average Bonchev–Trinajstić information content (AvgIpc) is 2.77. The van der Waals surface area contributed by atoms with Gasteiger partial charge in [0, 0.05) is 76.2 Å². The maximum atomic E-state index is 12.8. The van der Waals surface area contributed by atoms with Gasteiger partial charge in [0.25, 0.3) is 5.91 Å². The smallest absolute Gasteiger partial charge is 0.251 e. The zero-order valence-electron chi connectivity index (χ0n) is 18.5. The lowest BCUT2D eigenvalue weighted by Crippen LogP contribution is -2.56. The molecule has 2 aliphatic heterocycles. The summed E-state index contributed by atoms with van der Waals surface area (Å²) in [5.41, 5.74) is 1.72. The molecule has 1 aromatic carbocycles. The van der Waals surface area contributed by atoms with Gasteiger partial charge in [-0.1, -0.05) is 18.6 Å². The van der Waals surface area contributed by atoms with Crippen LogP contribution in [0.5, 0.6) is 0 Å². The molecule has 2 amide bonds. The molecule has 1 saturated carbocycles. The third-order valence-electron chi connectivity index (χ3n) is 6.87. The molecule has 168 valence electrons. The molecule has 1 aromatic rings. The summed E-state index contributed by atoms with van der Waals surface area (Å²) in [6, 6.07) is 8.53. The van der Waals surface area contributed by atoms with Crippen LogP contribution in [0.4, 0.5) is 5.69 Å². The number of amides is 2. The van der Waals surface area contributed by atoms with Crippen LogP contribution >= 0.6 is 0 Å². The molecule has 0 unspecified atom stereocenters. The summed E-state index contributed by atoms with van der Waals surface area (Å²) in [5, 5.41) is 2.83. The van der Waals surface area contributed by atoms with Crippen LogP contribution in [0.1, 0.15) is 29.6 Å². The minimum absolute atomic E-state index is 0.0802. The summed E-state index contributed by atoms with van der Waals surface area (Å²) in [7, 11) is 0. The number of nitrogens with one attached hydrogen (secondary N) is 1. The van der Waals surface area contributed by atoms with E-state index in [2.05, 4.69) is 26.6 Å². The van der Waals surface area contributed by atoms with Gasteiger partial charge < -0.3 is 15.1 Å². The standard InChI is InChI=1S/C24H35N5O2/c1-2-9-25-24(31)20-5-3-8-22(18-20)28-12-10-26(11-13-28)19-23(30)29-16-14-27(15-17-29)21-6-4-7-21/h2-3,5,8,18,21H,1,4,6-7,9-17,19H2,(H,25,31). The highest BCUT2D eigenvalue weighted by atomic mass is 16.2. The molecule has 2 saturated heterocycles. The predicted octanol–water partition coefficient (Wildman–Crippen LogP) is 1.42. The predicted molar refractivity (Wildman–Crippen MR) is 123 cm³/mol. The summed E-state index contributed by atoms with van der Waals surface area (Å²) in [6.45, 7) is 11.9. The summed E-state index contributed by atoms with van der Waals surface area (Å²) in [4.78, 5) is 34.2. The van der Waals surface area contributed by atoms with Crippen molar-refractivity contribution in [2.24, 2.45) is 0 Å². The largest absolute Gasteiger partial charge is 0.369 e. The van der Waals surface area contributed by atoms with Crippen LogP contribution in [0, 0.1) is 0 Å². The molecular formula is C24H35N5O2. The first-order valence-electron chi connectivity index (χ1n) is 11.6. The van der Waals surface area contributed by atoms with Crippen LogP contribution in [0.25, 0.3) is 0 Å². The first kappa shape index (κ1) is 21.8. The van der Waals surface area contributed by atoms with Gasteiger partial charge in [-0.2, -0.15) is 0 Å². The van der Waals surface area contributed by atoms with E-state index in [-0.39, 0.29) is 11.8 Å². The molecule has 1 aliphatic carbocycles. The van der Waals surface area contributed by atoms with Gasteiger partial charge >= 0.3 is 0 Å². The number of hydrogen-bond donors (Lipinski definition) is 1. The third kappa shape index (κ3) is 5.46. The topological polar surface area (TPSA) is 59.1 Å². The van der Waals surface area contributed by atoms with E-state index in [1.54, 1.807) is 6.08 Å². The summed E-state index contributed by atoms with van der Waals surface area (Å²) in [6.07, 6.45) is 5.71. The van der Waals surface area contributed by atoms with Crippen molar-refractivity contribution in [3.63, 3.8) is 0 Å². The number of rotatable bonds is 7. The van der Waals surface area contributed by atoms with Gasteiger partial charge in [0.05, 0.1) is 6.54 Å². The van der Waals surface area contributed by atoms with E-state index in [9.17, 15) is 9.59 Å². The van der Waals surface area contributed by atoms with Crippen LogP contribution < -0.4 is 10.2 Å². The van der Waals surface area contributed by atoms with Gasteiger partial charge in [0.2, 0.25) is 5.91 Å². The second-order valence-corrected chi connectivity index (χ2v) is 8.81. The molecule has 7 heteroatoms. The number of nitrogens with zero attached hydrogens (tertiary/aromatic N) is 4. The zero-order chi connectivity index (χ0) is 21.6. The normalized spacial score (nSPS) is 20.9. The van der Waals surface area contributed by atoms with E-state index >= 15 is 0 Å². The van der Waals surface area contributed by atoms with Crippen molar-refractivity contribution >= 4 is 17.5 Å². The first-order chi connectivity index (χ1) is 15.1. The van der Waals surface area contributed by atoms with Crippen molar-refractivity contribution in [1.82, 2.24) is 20.0 Å². The number of carbonyl (C=O) groups is 2. The quantitative estimate of drug-likeness (QED) is 0.670. The fraction of sp³-hybridized carbons (Fsp3) is 0.583. The number of carbonyl (C=O) groups excluding carboxylic acids is 2. The van der Waals surface area contributed by atoms with Gasteiger partial charge in [-0.05, 0) is 31.0 Å². The Bertz CT molecular complexity index is 778. The molecule has 0 bridgehead atoms. The van der Waals surface area contributed by atoms with Crippen LogP contribution in [0.2, 0.25) is 0 Å². The molecular weight excluding hydrogens is 390 g/mol. The Labute approximate surface area is 185 Å². The summed E-state index contributed by atoms with van der Waals surface area (Å²) < 4.78 is 0. The molecule has 0 spiro atoms. The van der Waals surface area contributed by atoms with E-state index in [0.717, 1.165) is 64.1 Å². The van der Waals surface area contributed by atoms with Crippen molar-refractivity contribution < 1.29 is 9.59 Å². The van der Waals surface area contributed by atoms with E-state index < -0.39 is 0 Å². The Kier molecular flexibility index (Phi) is 7.25. The minimum atomic E-state index is -0.0802. The molecule has 0 radical (unpaired) electrons. The number of anilines is 1. The SMILES string of the molecule is C=CCNC(=O)c1cccc(N2CCN(CC(=O)N3CCN(C4CCC4)CC3)CC2)c1. The lowest BCUT2D eigenvalue weighted by atomic mass is 9.91. The van der Waals surface area contributed by atoms with Gasteiger partial charge in [0.1, 0.15) is 0 Å². The van der Waals surface area contributed by atoms with E-state index in [1.807, 2.05) is 29.2 Å². The molecule has 4 rings (SSSR count). The fourth-order valence-corrected chi connectivity index (χ4v) is 4.65. The molecule has 2 heterocycles. The Balaban J connectivity index is 1.22. The third-order valence-corrected chi connectivity index (χ3v) is 6.87. The van der Waals surface area contributed by atoms with Crippen molar-refractivity contribution in [2.75, 3.05) is 70.3 Å². The summed E-state index contributed by atoms with van der Waals surface area (Å²) in [5.74, 6) is 0.186. The highest BCUT2D eigenvalue weighted by molar-refractivity contribution is 5.95. The lowest BCUT2D eigenvalue weighted by Gasteiger charge is -2.43. The van der Waals surface area contributed by atoms with E-state index in [1.165, 1.54) is 19.3 Å². The Morgan fingerprint density at radius 1 is 1.03 bits per heavy atom. The summed E-state index contributed by atoms with van der Waals surface area (Å²) >= 11 is 0. The van der Waals surface area contributed by atoms with Crippen LogP contribution in [-0.2, 0) is 4.79 Å². The van der Waals surface area contributed by atoms with E-state index in [4.69, 9.17) is 0 Å². The van der Waals surface area contributed by atoms with Crippen molar-refractivity contribution in [1.29, 1.82) is 0 Å². The maximum absolute atomic E-state index is 12.8. The second-order valence-electron chi connectivity index (χ2n) is 8.81. The number of piperazine rings is 2. The molecule has 0 atom stereocenters. The van der Waals surface area contributed by atoms with Crippen molar-refractivity contribution in [3.05, 3.63) is 42.5 Å². The van der Waals surface area contributed by atoms with Crippen molar-refractivity contribution in [2.45, 2.75) is 25.3 Å². The van der Waals surface area contributed by atoms with Gasteiger partial charge in [-0.25, -0.2) is 0 Å². The second kappa shape index (κ2) is 10.3. The molecule has 0 aromatic heterocycles. The maximum Gasteiger partial charge on any atom is 0.251 e. The highest BCUT2D eigenvalue weighted by Crippen LogP contribution is 2.25. The average molecular weight is 426 g/mol. The highest BCUT2D eigenvalue weighted by Gasteiger charge is 2.30. The number of benzene rings is 1. The lowest BCUT2D eigenvalue weighted by molar-refractivity contribution is -0.134. The van der Waals surface area contributed by atoms with Gasteiger partial charge in [-0.3, -0.25) is 19.4 Å². The fourth-order valence-electron chi connectivity index (χ4n) is 4.65. The molecule has 3 aliphatic rings. The van der Waals surface area contributed by atoms with Crippen molar-refractivity contribution in [3.8, 4) is 0 Å².